The molecule has 0 radical (unpaired) electrons. The van der Waals surface area contributed by atoms with Gasteiger partial charge in [0.25, 0.3) is 0 Å². The Hall–Kier alpha value is -3.55. The van der Waals surface area contributed by atoms with Crippen LogP contribution < -0.4 is 9.64 Å². The van der Waals surface area contributed by atoms with Gasteiger partial charge in [-0.3, -0.25) is 4.90 Å². The summed E-state index contributed by atoms with van der Waals surface area (Å²) >= 11 is 1.72. The van der Waals surface area contributed by atoms with Crippen molar-refractivity contribution in [1.29, 1.82) is 0 Å². The summed E-state index contributed by atoms with van der Waals surface area (Å²) in [5, 5.41) is 8.42. The van der Waals surface area contributed by atoms with Crippen LogP contribution in [-0.4, -0.2) is 60.2 Å². The van der Waals surface area contributed by atoms with E-state index in [0.717, 1.165) is 49.8 Å². The van der Waals surface area contributed by atoms with Crippen molar-refractivity contribution in [2.24, 2.45) is 0 Å². The Bertz CT molecular complexity index is 1240. The van der Waals surface area contributed by atoms with E-state index in [4.69, 9.17) is 9.15 Å². The first kappa shape index (κ1) is 25.1. The number of aromatic nitrogens is 2. The van der Waals surface area contributed by atoms with E-state index in [1.54, 1.807) is 11.8 Å². The van der Waals surface area contributed by atoms with Gasteiger partial charge in [0.1, 0.15) is 5.75 Å². The molecule has 0 spiro atoms. The molecule has 0 saturated carbocycles. The Morgan fingerprint density at radius 3 is 2.32 bits per heavy atom. The minimum absolute atomic E-state index is 0.558. The summed E-state index contributed by atoms with van der Waals surface area (Å²) in [5.74, 6) is 3.62. The molecule has 1 saturated heterocycles. The van der Waals surface area contributed by atoms with E-state index in [-0.39, 0.29) is 0 Å². The fraction of sp³-hybridized carbons (Fsp3) is 0.267. The fourth-order valence-electron chi connectivity index (χ4n) is 4.23. The van der Waals surface area contributed by atoms with Crippen LogP contribution in [0.4, 0.5) is 5.69 Å². The number of piperazine rings is 1. The zero-order chi connectivity index (χ0) is 25.1. The number of thioether (sulfide) groups is 1. The smallest absolute Gasteiger partial charge is 0.247 e. The summed E-state index contributed by atoms with van der Waals surface area (Å²) in [6, 6.07) is 28.8. The van der Waals surface area contributed by atoms with E-state index in [1.807, 2.05) is 42.5 Å². The normalized spacial score (nSPS) is 14.3. The molecule has 1 aromatic heterocycles. The summed E-state index contributed by atoms with van der Waals surface area (Å²) < 4.78 is 11.6. The molecule has 0 bridgehead atoms. The maximum Gasteiger partial charge on any atom is 0.247 e. The van der Waals surface area contributed by atoms with Crippen molar-refractivity contribution in [1.82, 2.24) is 15.1 Å². The van der Waals surface area contributed by atoms with Crippen LogP contribution in [0.5, 0.6) is 5.75 Å². The topological polar surface area (TPSA) is 54.6 Å². The third-order valence-corrected chi connectivity index (χ3v) is 7.16. The summed E-state index contributed by atoms with van der Waals surface area (Å²) in [7, 11) is 0. The van der Waals surface area contributed by atoms with Crippen molar-refractivity contribution in [2.75, 3.05) is 50.0 Å². The average Bonchev–Trinajstić information content (AvgIpc) is 3.44. The van der Waals surface area contributed by atoms with Crippen molar-refractivity contribution in [2.45, 2.75) is 5.75 Å². The Labute approximate surface area is 223 Å². The minimum Gasteiger partial charge on any atom is -0.493 e. The molecule has 0 atom stereocenters. The Kier molecular flexibility index (Phi) is 8.91. The highest BCUT2D eigenvalue weighted by Gasteiger charge is 2.15. The second-order valence-electron chi connectivity index (χ2n) is 8.86. The lowest BCUT2D eigenvalue weighted by atomic mass is 10.1. The largest absolute Gasteiger partial charge is 0.493 e. The highest BCUT2D eigenvalue weighted by Crippen LogP contribution is 2.21. The molecule has 6 nitrogen and oxygen atoms in total. The zero-order valence-electron chi connectivity index (χ0n) is 20.9. The van der Waals surface area contributed by atoms with Crippen LogP contribution in [0, 0.1) is 0 Å². The van der Waals surface area contributed by atoms with Gasteiger partial charge in [-0.2, -0.15) is 0 Å². The van der Waals surface area contributed by atoms with Crippen LogP contribution in [-0.2, 0) is 5.75 Å². The predicted octanol–water partition coefficient (Wildman–Crippen LogP) is 5.88. The molecule has 0 aliphatic carbocycles. The van der Waals surface area contributed by atoms with Gasteiger partial charge in [0, 0.05) is 49.7 Å². The molecule has 1 fully saturated rings. The van der Waals surface area contributed by atoms with Crippen LogP contribution >= 0.6 is 11.8 Å². The van der Waals surface area contributed by atoms with Gasteiger partial charge in [-0.1, -0.05) is 60.7 Å². The molecule has 1 aliphatic rings. The van der Waals surface area contributed by atoms with E-state index in [1.165, 1.54) is 11.3 Å². The molecule has 4 aromatic rings. The van der Waals surface area contributed by atoms with Gasteiger partial charge in [-0.15, -0.1) is 22.0 Å². The fourth-order valence-corrected chi connectivity index (χ4v) is 4.86. The van der Waals surface area contributed by atoms with E-state index >= 15 is 0 Å². The second-order valence-corrected chi connectivity index (χ2v) is 9.97. The quantitative estimate of drug-likeness (QED) is 0.233. The van der Waals surface area contributed by atoms with E-state index < -0.39 is 0 Å². The maximum absolute atomic E-state index is 5.86. The number of hydrogen-bond acceptors (Lipinski definition) is 7. The highest BCUT2D eigenvalue weighted by molar-refractivity contribution is 7.98. The number of nitrogens with zero attached hydrogens (tertiary/aromatic N) is 4. The Morgan fingerprint density at radius 1 is 0.838 bits per heavy atom. The van der Waals surface area contributed by atoms with Crippen molar-refractivity contribution >= 4 is 23.5 Å². The lowest BCUT2D eigenvalue weighted by Gasteiger charge is -2.35. The first-order valence-electron chi connectivity index (χ1n) is 12.7. The molecule has 0 unspecified atom stereocenters. The van der Waals surface area contributed by atoms with Gasteiger partial charge >= 0.3 is 0 Å². The van der Waals surface area contributed by atoms with Crippen LogP contribution in [0.2, 0.25) is 0 Å². The van der Waals surface area contributed by atoms with Crippen LogP contribution in [0.25, 0.3) is 17.5 Å². The number of benzene rings is 3. The summed E-state index contributed by atoms with van der Waals surface area (Å²) in [4.78, 5) is 4.96. The molecule has 0 amide bonds. The summed E-state index contributed by atoms with van der Waals surface area (Å²) in [6.07, 6.45) is 4.43. The predicted molar refractivity (Wildman–Crippen MR) is 152 cm³/mol. The van der Waals surface area contributed by atoms with Gasteiger partial charge in [0.15, 0.2) is 0 Å². The van der Waals surface area contributed by atoms with Gasteiger partial charge in [0.2, 0.25) is 11.8 Å². The highest BCUT2D eigenvalue weighted by atomic mass is 32.2. The molecule has 37 heavy (non-hydrogen) atoms. The monoisotopic (exact) mass is 512 g/mol. The van der Waals surface area contributed by atoms with Crippen molar-refractivity contribution < 1.29 is 9.15 Å². The molecular weight excluding hydrogens is 480 g/mol. The third-order valence-electron chi connectivity index (χ3n) is 6.26. The molecule has 7 heteroatoms. The van der Waals surface area contributed by atoms with Crippen LogP contribution in [0.1, 0.15) is 11.5 Å². The number of hydrogen-bond donors (Lipinski definition) is 0. The number of anilines is 1. The standard InChI is InChI=1S/C30H32N4O2S/c1-3-9-27(10-4-1)34-20-18-33(19-21-34)17-7-8-25-13-15-26(16-14-25)30-32-31-29(36-30)24-37-23-22-35-28-11-5-2-6-12-28/h1-16H,17-24H2/b8-7+. The lowest BCUT2D eigenvalue weighted by Crippen LogP contribution is -2.46. The van der Waals surface area contributed by atoms with E-state index in [0.29, 0.717) is 24.1 Å². The second kappa shape index (κ2) is 13.1. The molecule has 0 N–H and O–H groups in total. The van der Waals surface area contributed by atoms with Crippen LogP contribution in [0.3, 0.4) is 0 Å². The van der Waals surface area contributed by atoms with E-state index in [2.05, 4.69) is 74.6 Å². The van der Waals surface area contributed by atoms with Gasteiger partial charge in [-0.25, -0.2) is 0 Å². The van der Waals surface area contributed by atoms with Gasteiger partial charge < -0.3 is 14.1 Å². The first-order chi connectivity index (χ1) is 18.3. The Morgan fingerprint density at radius 2 is 1.57 bits per heavy atom. The number of rotatable bonds is 11. The van der Waals surface area contributed by atoms with Gasteiger partial charge in [0.05, 0.1) is 12.4 Å². The molecule has 2 heterocycles. The van der Waals surface area contributed by atoms with E-state index in [9.17, 15) is 0 Å². The number of para-hydroxylation sites is 2. The molecule has 1 aliphatic heterocycles. The number of ether oxygens (including phenoxy) is 1. The van der Waals surface area contributed by atoms with Crippen LogP contribution in [0.15, 0.2) is 95.4 Å². The maximum atomic E-state index is 5.86. The minimum atomic E-state index is 0.558. The van der Waals surface area contributed by atoms with Crippen molar-refractivity contribution in [3.8, 4) is 17.2 Å². The van der Waals surface area contributed by atoms with Crippen molar-refractivity contribution in [3.05, 3.63) is 102 Å². The summed E-state index contributed by atoms with van der Waals surface area (Å²) in [5.41, 5.74) is 3.42. The average molecular weight is 513 g/mol. The third kappa shape index (κ3) is 7.47. The molecule has 3 aromatic carbocycles. The Balaban J connectivity index is 1.02. The van der Waals surface area contributed by atoms with Gasteiger partial charge in [-0.05, 0) is 42.0 Å². The molecular formula is C30H32N4O2S. The SMILES string of the molecule is C(=C\c1ccc(-c2nnc(CSCCOc3ccccc3)o2)cc1)/CN1CCN(c2ccccc2)CC1. The molecule has 5 rings (SSSR count). The zero-order valence-corrected chi connectivity index (χ0v) is 21.7. The van der Waals surface area contributed by atoms with Crippen molar-refractivity contribution in [3.63, 3.8) is 0 Å². The lowest BCUT2D eigenvalue weighted by molar-refractivity contribution is 0.284. The summed E-state index contributed by atoms with van der Waals surface area (Å²) in [6.45, 7) is 5.91. The molecule has 190 valence electrons. The first-order valence-corrected chi connectivity index (χ1v) is 13.9.